The highest BCUT2D eigenvalue weighted by Gasteiger charge is 2.20. The van der Waals surface area contributed by atoms with Gasteiger partial charge >= 0.3 is 0 Å². The molecule has 0 spiro atoms. The highest BCUT2D eigenvalue weighted by atomic mass is 35.5. The topological polar surface area (TPSA) is 44.3 Å². The molecule has 0 aromatic rings. The SMILES string of the molecule is CC1CC(O)NC(Cl)N1. The lowest BCUT2D eigenvalue weighted by molar-refractivity contribution is 0.0816. The second-order valence-corrected chi connectivity index (χ2v) is 2.78. The molecule has 1 heterocycles. The zero-order chi connectivity index (χ0) is 6.85. The first kappa shape index (κ1) is 7.28. The van der Waals surface area contributed by atoms with Crippen molar-refractivity contribution in [2.24, 2.45) is 0 Å². The summed E-state index contributed by atoms with van der Waals surface area (Å²) in [5.74, 6) is 0. The van der Waals surface area contributed by atoms with E-state index in [1.165, 1.54) is 0 Å². The van der Waals surface area contributed by atoms with Crippen molar-refractivity contribution in [1.82, 2.24) is 10.6 Å². The van der Waals surface area contributed by atoms with Crippen LogP contribution in [0.15, 0.2) is 0 Å². The van der Waals surface area contributed by atoms with E-state index in [0.29, 0.717) is 12.5 Å². The minimum absolute atomic E-state index is 0.288. The molecule has 54 valence electrons. The van der Waals surface area contributed by atoms with E-state index in [2.05, 4.69) is 10.6 Å². The molecule has 1 fully saturated rings. The Labute approximate surface area is 59.4 Å². The fourth-order valence-corrected chi connectivity index (χ4v) is 1.30. The van der Waals surface area contributed by atoms with Crippen LogP contribution in [-0.4, -0.2) is 23.0 Å². The fourth-order valence-electron chi connectivity index (χ4n) is 0.938. The molecule has 0 aromatic carbocycles. The average Bonchev–Trinajstić information content (AvgIpc) is 1.59. The molecule has 3 N–H and O–H groups in total. The summed E-state index contributed by atoms with van der Waals surface area (Å²) < 4.78 is 0. The van der Waals surface area contributed by atoms with Gasteiger partial charge in [-0.15, -0.1) is 0 Å². The van der Waals surface area contributed by atoms with Crippen LogP contribution < -0.4 is 10.6 Å². The minimum atomic E-state index is -0.455. The van der Waals surface area contributed by atoms with Crippen LogP contribution >= 0.6 is 11.6 Å². The quantitative estimate of drug-likeness (QED) is 0.331. The molecule has 3 unspecified atom stereocenters. The third-order valence-corrected chi connectivity index (χ3v) is 1.60. The molecule has 0 amide bonds. The standard InChI is InChI=1S/C5H11ClN2O/c1-3-2-4(9)8-5(6)7-3/h3-5,7-9H,2H2,1H3. The van der Waals surface area contributed by atoms with Crippen molar-refractivity contribution in [2.75, 3.05) is 0 Å². The van der Waals surface area contributed by atoms with Gasteiger partial charge in [0.2, 0.25) is 0 Å². The number of rotatable bonds is 0. The van der Waals surface area contributed by atoms with Gasteiger partial charge in [-0.2, -0.15) is 0 Å². The number of alkyl halides is 1. The monoisotopic (exact) mass is 150 g/mol. The second kappa shape index (κ2) is 2.84. The van der Waals surface area contributed by atoms with E-state index >= 15 is 0 Å². The summed E-state index contributed by atoms with van der Waals surface area (Å²) in [6.45, 7) is 1.99. The van der Waals surface area contributed by atoms with Crippen LogP contribution in [0.3, 0.4) is 0 Å². The van der Waals surface area contributed by atoms with E-state index in [0.717, 1.165) is 0 Å². The predicted molar refractivity (Wildman–Crippen MR) is 36.0 cm³/mol. The van der Waals surface area contributed by atoms with Crippen LogP contribution in [0.1, 0.15) is 13.3 Å². The van der Waals surface area contributed by atoms with Gasteiger partial charge in [0.05, 0.1) is 0 Å². The van der Waals surface area contributed by atoms with E-state index < -0.39 is 6.23 Å². The summed E-state index contributed by atoms with van der Waals surface area (Å²) in [4.78, 5) is 0. The van der Waals surface area contributed by atoms with Gasteiger partial charge in [0.15, 0.2) is 0 Å². The number of aliphatic hydroxyl groups is 1. The van der Waals surface area contributed by atoms with Crippen LogP contribution in [0.5, 0.6) is 0 Å². The van der Waals surface area contributed by atoms with Gasteiger partial charge in [-0.25, -0.2) is 0 Å². The molecule has 4 heteroatoms. The van der Waals surface area contributed by atoms with Crippen molar-refractivity contribution in [2.45, 2.75) is 31.2 Å². The fraction of sp³-hybridized carbons (Fsp3) is 1.00. The van der Waals surface area contributed by atoms with Crippen molar-refractivity contribution in [1.29, 1.82) is 0 Å². The summed E-state index contributed by atoms with van der Waals surface area (Å²) in [6.07, 6.45) is 0.257. The molecule has 1 aliphatic rings. The van der Waals surface area contributed by atoms with Crippen molar-refractivity contribution in [3.05, 3.63) is 0 Å². The summed E-state index contributed by atoms with van der Waals surface area (Å²) in [5, 5.41) is 14.7. The Balaban J connectivity index is 2.34. The van der Waals surface area contributed by atoms with Gasteiger partial charge in [-0.1, -0.05) is 11.6 Å². The van der Waals surface area contributed by atoms with Crippen LogP contribution in [0.4, 0.5) is 0 Å². The van der Waals surface area contributed by atoms with E-state index in [1.54, 1.807) is 0 Å². The van der Waals surface area contributed by atoms with E-state index in [9.17, 15) is 0 Å². The Morgan fingerprint density at radius 3 is 2.67 bits per heavy atom. The van der Waals surface area contributed by atoms with Crippen LogP contribution in [-0.2, 0) is 0 Å². The molecular formula is C5H11ClN2O. The maximum atomic E-state index is 9.01. The van der Waals surface area contributed by atoms with Gasteiger partial charge in [0.25, 0.3) is 0 Å². The third-order valence-electron chi connectivity index (χ3n) is 1.35. The minimum Gasteiger partial charge on any atom is -0.378 e. The molecule has 0 radical (unpaired) electrons. The summed E-state index contributed by atoms with van der Waals surface area (Å²) in [6, 6.07) is 0.295. The Bertz CT molecular complexity index is 75.9. The van der Waals surface area contributed by atoms with Gasteiger partial charge in [0.1, 0.15) is 11.9 Å². The summed E-state index contributed by atoms with van der Waals surface area (Å²) >= 11 is 5.62. The lowest BCUT2D eigenvalue weighted by Gasteiger charge is -2.29. The molecule has 1 rings (SSSR count). The van der Waals surface area contributed by atoms with Crippen LogP contribution in [0, 0.1) is 0 Å². The predicted octanol–water partition coefficient (Wildman–Crippen LogP) is -0.201. The first-order chi connectivity index (χ1) is 4.18. The van der Waals surface area contributed by atoms with E-state index in [1.807, 2.05) is 6.92 Å². The molecule has 9 heavy (non-hydrogen) atoms. The number of hydrogen-bond donors (Lipinski definition) is 3. The van der Waals surface area contributed by atoms with Gasteiger partial charge < -0.3 is 5.11 Å². The van der Waals surface area contributed by atoms with Crippen LogP contribution in [0.2, 0.25) is 0 Å². The zero-order valence-electron chi connectivity index (χ0n) is 5.26. The first-order valence-electron chi connectivity index (χ1n) is 3.02. The Morgan fingerprint density at radius 1 is 1.56 bits per heavy atom. The van der Waals surface area contributed by atoms with Gasteiger partial charge in [0, 0.05) is 12.5 Å². The zero-order valence-corrected chi connectivity index (χ0v) is 6.02. The Hall–Kier alpha value is 0.170. The second-order valence-electron chi connectivity index (χ2n) is 2.35. The van der Waals surface area contributed by atoms with Gasteiger partial charge in [-0.05, 0) is 6.92 Å². The Kier molecular flexibility index (Phi) is 2.29. The maximum absolute atomic E-state index is 9.01. The average molecular weight is 151 g/mol. The highest BCUT2D eigenvalue weighted by molar-refractivity contribution is 6.20. The molecule has 0 saturated carbocycles. The molecule has 3 nitrogen and oxygen atoms in total. The number of halogens is 1. The lowest BCUT2D eigenvalue weighted by atomic mass is 10.2. The van der Waals surface area contributed by atoms with Crippen molar-refractivity contribution in [3.63, 3.8) is 0 Å². The normalized spacial score (nSPS) is 45.0. The largest absolute Gasteiger partial charge is 0.378 e. The molecule has 3 atom stereocenters. The van der Waals surface area contributed by atoms with Crippen LogP contribution in [0.25, 0.3) is 0 Å². The number of hydrogen-bond acceptors (Lipinski definition) is 3. The molecule has 1 saturated heterocycles. The molecule has 0 aliphatic carbocycles. The smallest absolute Gasteiger partial charge is 0.137 e. The molecule has 1 aliphatic heterocycles. The van der Waals surface area contributed by atoms with Crippen molar-refractivity contribution >= 4 is 11.6 Å². The summed E-state index contributed by atoms with van der Waals surface area (Å²) in [7, 11) is 0. The number of aliphatic hydroxyl groups excluding tert-OH is 1. The van der Waals surface area contributed by atoms with Crippen molar-refractivity contribution in [3.8, 4) is 0 Å². The Morgan fingerprint density at radius 2 is 2.22 bits per heavy atom. The maximum Gasteiger partial charge on any atom is 0.137 e. The first-order valence-corrected chi connectivity index (χ1v) is 3.46. The van der Waals surface area contributed by atoms with Gasteiger partial charge in [-0.3, -0.25) is 10.6 Å². The number of nitrogens with one attached hydrogen (secondary N) is 2. The van der Waals surface area contributed by atoms with E-state index in [4.69, 9.17) is 16.7 Å². The molecule has 0 bridgehead atoms. The highest BCUT2D eigenvalue weighted by Crippen LogP contribution is 2.04. The summed E-state index contributed by atoms with van der Waals surface area (Å²) in [5.41, 5.74) is -0.288. The van der Waals surface area contributed by atoms with Crippen molar-refractivity contribution < 1.29 is 5.11 Å². The third kappa shape index (κ3) is 2.10. The van der Waals surface area contributed by atoms with E-state index in [-0.39, 0.29) is 5.62 Å². The molecule has 0 aromatic heterocycles. The molecular weight excluding hydrogens is 140 g/mol. The lowest BCUT2D eigenvalue weighted by Crippen LogP contribution is -2.54.